The van der Waals surface area contributed by atoms with Gasteiger partial charge in [0.2, 0.25) is 0 Å². The van der Waals surface area contributed by atoms with Gasteiger partial charge in [-0.2, -0.15) is 19.6 Å². The monoisotopic (exact) mass is 211 g/mol. The molecular weight excluding hydrogens is 202 g/mol. The summed E-state index contributed by atoms with van der Waals surface area (Å²) in [4.78, 5) is 10.1. The lowest BCUT2D eigenvalue weighted by atomic mass is 10.5. The third-order valence-corrected chi connectivity index (χ3v) is 2.26. The molecule has 0 fully saturated rings. The van der Waals surface area contributed by atoms with Crippen LogP contribution in [0.2, 0.25) is 5.15 Å². The number of hydrogen-bond acceptors (Lipinski definition) is 4. The molecule has 2 aromatic heterocycles. The van der Waals surface area contributed by atoms with E-state index in [0.29, 0.717) is 10.9 Å². The van der Waals surface area contributed by atoms with Gasteiger partial charge in [0.05, 0.1) is 0 Å². The van der Waals surface area contributed by atoms with Gasteiger partial charge in [0.1, 0.15) is 17.3 Å². The molecule has 0 aliphatic rings. The average molecular weight is 212 g/mol. The van der Waals surface area contributed by atoms with E-state index in [9.17, 15) is 0 Å². The van der Waals surface area contributed by atoms with Gasteiger partial charge in [0.25, 0.3) is 5.78 Å². The normalized spacial score (nSPS) is 10.8. The molecule has 0 N–H and O–H groups in total. The van der Waals surface area contributed by atoms with Crippen LogP contribution in [0, 0.1) is 0 Å². The number of nitrogens with zero attached hydrogens (tertiary/aromatic N) is 5. The lowest BCUT2D eigenvalue weighted by Crippen LogP contribution is -2.19. The highest BCUT2D eigenvalue weighted by Gasteiger charge is 2.08. The quantitative estimate of drug-likeness (QED) is 0.702. The summed E-state index contributed by atoms with van der Waals surface area (Å²) in [5.74, 6) is 1.41. The van der Waals surface area contributed by atoms with E-state index in [4.69, 9.17) is 11.6 Å². The standard InChI is InChI=1S/C8H10ClN5/c1-3-13(2)7-4-6(9)12-8-10-5-11-14(7)8/h4-5H,3H2,1-2H3. The van der Waals surface area contributed by atoms with Crippen LogP contribution in [0.1, 0.15) is 6.92 Å². The fourth-order valence-electron chi connectivity index (χ4n) is 1.20. The lowest BCUT2D eigenvalue weighted by Gasteiger charge is -2.16. The van der Waals surface area contributed by atoms with E-state index in [-0.39, 0.29) is 0 Å². The van der Waals surface area contributed by atoms with Gasteiger partial charge in [-0.25, -0.2) is 0 Å². The maximum Gasteiger partial charge on any atom is 0.255 e. The van der Waals surface area contributed by atoms with Crippen LogP contribution in [0.25, 0.3) is 5.78 Å². The molecule has 74 valence electrons. The van der Waals surface area contributed by atoms with Gasteiger partial charge in [-0.3, -0.25) is 0 Å². The summed E-state index contributed by atoms with van der Waals surface area (Å²) in [6.45, 7) is 2.92. The van der Waals surface area contributed by atoms with Crippen molar-refractivity contribution in [2.45, 2.75) is 6.92 Å². The number of anilines is 1. The second-order valence-corrected chi connectivity index (χ2v) is 3.31. The molecule has 0 aliphatic heterocycles. The molecule has 14 heavy (non-hydrogen) atoms. The molecule has 0 unspecified atom stereocenters. The zero-order chi connectivity index (χ0) is 10.1. The van der Waals surface area contributed by atoms with Crippen molar-refractivity contribution in [3.63, 3.8) is 0 Å². The van der Waals surface area contributed by atoms with E-state index >= 15 is 0 Å². The van der Waals surface area contributed by atoms with Crippen molar-refractivity contribution < 1.29 is 0 Å². The van der Waals surface area contributed by atoms with E-state index in [1.807, 2.05) is 11.9 Å². The predicted octanol–water partition coefficient (Wildman–Crippen LogP) is 1.23. The Balaban J connectivity index is 2.66. The van der Waals surface area contributed by atoms with Crippen LogP contribution < -0.4 is 4.90 Å². The molecule has 0 atom stereocenters. The topological polar surface area (TPSA) is 46.3 Å². The number of rotatable bonds is 2. The number of halogens is 1. The van der Waals surface area contributed by atoms with E-state index in [0.717, 1.165) is 12.4 Å². The van der Waals surface area contributed by atoms with Crippen molar-refractivity contribution in [2.24, 2.45) is 0 Å². The molecule has 2 heterocycles. The van der Waals surface area contributed by atoms with Crippen molar-refractivity contribution in [1.82, 2.24) is 19.6 Å². The van der Waals surface area contributed by atoms with Crippen molar-refractivity contribution in [2.75, 3.05) is 18.5 Å². The number of hydrogen-bond donors (Lipinski definition) is 0. The van der Waals surface area contributed by atoms with Crippen LogP contribution in [-0.4, -0.2) is 33.2 Å². The molecular formula is C8H10ClN5. The first kappa shape index (κ1) is 9.21. The van der Waals surface area contributed by atoms with Crippen molar-refractivity contribution in [1.29, 1.82) is 0 Å². The Kier molecular flexibility index (Phi) is 2.25. The van der Waals surface area contributed by atoms with Crippen LogP contribution >= 0.6 is 11.6 Å². The van der Waals surface area contributed by atoms with Crippen LogP contribution in [0.3, 0.4) is 0 Å². The molecule has 2 aromatic rings. The second kappa shape index (κ2) is 3.42. The zero-order valence-corrected chi connectivity index (χ0v) is 8.73. The maximum atomic E-state index is 5.86. The minimum absolute atomic E-state index is 0.431. The predicted molar refractivity (Wildman–Crippen MR) is 54.7 cm³/mol. The zero-order valence-electron chi connectivity index (χ0n) is 7.98. The summed E-state index contributed by atoms with van der Waals surface area (Å²) < 4.78 is 1.66. The van der Waals surface area contributed by atoms with E-state index in [1.165, 1.54) is 6.33 Å². The molecule has 0 radical (unpaired) electrons. The van der Waals surface area contributed by atoms with Crippen molar-refractivity contribution in [3.8, 4) is 0 Å². The molecule has 0 aromatic carbocycles. The molecule has 5 nitrogen and oxygen atoms in total. The molecule has 0 spiro atoms. The summed E-state index contributed by atoms with van der Waals surface area (Å²) in [6, 6.07) is 1.77. The highest BCUT2D eigenvalue weighted by Crippen LogP contribution is 2.17. The van der Waals surface area contributed by atoms with Gasteiger partial charge in [-0.05, 0) is 6.92 Å². The van der Waals surface area contributed by atoms with Crippen molar-refractivity contribution >= 4 is 23.2 Å². The molecule has 0 saturated carbocycles. The van der Waals surface area contributed by atoms with E-state index < -0.39 is 0 Å². The van der Waals surface area contributed by atoms with Crippen molar-refractivity contribution in [3.05, 3.63) is 17.5 Å². The Hall–Kier alpha value is -1.36. The smallest absolute Gasteiger partial charge is 0.255 e. The minimum atomic E-state index is 0.431. The van der Waals surface area contributed by atoms with Crippen LogP contribution in [-0.2, 0) is 0 Å². The molecule has 6 heteroatoms. The van der Waals surface area contributed by atoms with Gasteiger partial charge in [0.15, 0.2) is 0 Å². The van der Waals surface area contributed by atoms with E-state index in [2.05, 4.69) is 22.0 Å². The number of fused-ring (bicyclic) bond motifs is 1. The minimum Gasteiger partial charge on any atom is -0.360 e. The van der Waals surface area contributed by atoms with Crippen LogP contribution in [0.4, 0.5) is 5.82 Å². The van der Waals surface area contributed by atoms with Crippen LogP contribution in [0.15, 0.2) is 12.4 Å². The Morgan fingerprint density at radius 1 is 1.57 bits per heavy atom. The average Bonchev–Trinajstić information content (AvgIpc) is 2.62. The highest BCUT2D eigenvalue weighted by molar-refractivity contribution is 6.29. The summed E-state index contributed by atoms with van der Waals surface area (Å²) >= 11 is 5.86. The summed E-state index contributed by atoms with van der Waals surface area (Å²) in [5, 5.41) is 4.50. The summed E-state index contributed by atoms with van der Waals surface area (Å²) in [7, 11) is 1.97. The Bertz CT molecular complexity index is 452. The number of aromatic nitrogens is 4. The summed E-state index contributed by atoms with van der Waals surface area (Å²) in [5.41, 5.74) is 0. The molecule has 0 aliphatic carbocycles. The molecule has 0 bridgehead atoms. The first-order valence-corrected chi connectivity index (χ1v) is 4.67. The summed E-state index contributed by atoms with van der Waals surface area (Å²) in [6.07, 6.45) is 1.46. The van der Waals surface area contributed by atoms with Crippen LogP contribution in [0.5, 0.6) is 0 Å². The fraction of sp³-hybridized carbons (Fsp3) is 0.375. The van der Waals surface area contributed by atoms with Gasteiger partial charge in [-0.15, -0.1) is 0 Å². The molecule has 0 amide bonds. The Morgan fingerprint density at radius 2 is 2.36 bits per heavy atom. The fourth-order valence-corrected chi connectivity index (χ4v) is 1.38. The largest absolute Gasteiger partial charge is 0.360 e. The maximum absolute atomic E-state index is 5.86. The first-order chi connectivity index (χ1) is 6.72. The molecule has 0 saturated heterocycles. The SMILES string of the molecule is CCN(C)c1cc(Cl)nc2ncnn12. The van der Waals surface area contributed by atoms with Gasteiger partial charge < -0.3 is 4.90 Å². The Labute approximate surface area is 86.3 Å². The van der Waals surface area contributed by atoms with Gasteiger partial charge >= 0.3 is 0 Å². The highest BCUT2D eigenvalue weighted by atomic mass is 35.5. The van der Waals surface area contributed by atoms with Gasteiger partial charge in [0, 0.05) is 19.7 Å². The third kappa shape index (κ3) is 1.39. The lowest BCUT2D eigenvalue weighted by molar-refractivity contribution is 0.853. The van der Waals surface area contributed by atoms with E-state index in [1.54, 1.807) is 10.6 Å². The second-order valence-electron chi connectivity index (χ2n) is 2.92. The molecule has 2 rings (SSSR count). The van der Waals surface area contributed by atoms with Gasteiger partial charge in [-0.1, -0.05) is 11.6 Å². The third-order valence-electron chi connectivity index (χ3n) is 2.07. The Morgan fingerprint density at radius 3 is 3.07 bits per heavy atom. The first-order valence-electron chi connectivity index (χ1n) is 4.29.